The van der Waals surface area contributed by atoms with Crippen LogP contribution in [-0.2, 0) is 9.47 Å². The van der Waals surface area contributed by atoms with Gasteiger partial charge in [-0.3, -0.25) is 0 Å². The predicted octanol–water partition coefficient (Wildman–Crippen LogP) is 1.30. The molecule has 0 aromatic carbocycles. The quantitative estimate of drug-likeness (QED) is 0.479. The summed E-state index contributed by atoms with van der Waals surface area (Å²) in [6.07, 6.45) is -9.04. The van der Waals surface area contributed by atoms with Gasteiger partial charge in [-0.1, -0.05) is 0 Å². The lowest BCUT2D eigenvalue weighted by atomic mass is 10.4. The summed E-state index contributed by atoms with van der Waals surface area (Å²) in [5, 5.41) is 0. The Morgan fingerprint density at radius 2 is 1.92 bits per heavy atom. The van der Waals surface area contributed by atoms with Crippen LogP contribution < -0.4 is 0 Å². The van der Waals surface area contributed by atoms with Crippen molar-refractivity contribution in [2.75, 3.05) is 13.2 Å². The van der Waals surface area contributed by atoms with Gasteiger partial charge in [0, 0.05) is 0 Å². The molecule has 3 atom stereocenters. The van der Waals surface area contributed by atoms with Crippen LogP contribution in [0.15, 0.2) is 0 Å². The summed E-state index contributed by atoms with van der Waals surface area (Å²) in [4.78, 5) is 0. The van der Waals surface area contributed by atoms with Crippen molar-refractivity contribution >= 4 is 0 Å². The van der Waals surface area contributed by atoms with Gasteiger partial charge in [-0.15, -0.1) is 0 Å². The summed E-state index contributed by atoms with van der Waals surface area (Å²) >= 11 is 0. The molecule has 0 bridgehead atoms. The Morgan fingerprint density at radius 3 is 2.33 bits per heavy atom. The lowest BCUT2D eigenvalue weighted by Crippen LogP contribution is -2.28. The first-order chi connectivity index (χ1) is 5.61. The molecule has 0 amide bonds. The minimum Gasteiger partial charge on any atom is -0.371 e. The zero-order valence-electron chi connectivity index (χ0n) is 6.05. The average Bonchev–Trinajstić information content (AvgIpc) is 2.81. The Bertz CT molecular complexity index is 140. The third kappa shape index (κ3) is 2.94. The number of halogens is 4. The highest BCUT2D eigenvalue weighted by atomic mass is 19.3. The van der Waals surface area contributed by atoms with Crippen LogP contribution in [0.5, 0.6) is 0 Å². The molecule has 1 aliphatic heterocycles. The lowest BCUT2D eigenvalue weighted by molar-refractivity contribution is -0.129. The minimum absolute atomic E-state index is 0.172. The average molecular weight is 188 g/mol. The van der Waals surface area contributed by atoms with E-state index in [0.717, 1.165) is 0 Å². The molecule has 1 rings (SSSR count). The smallest absolute Gasteiger partial charge is 0.274 e. The van der Waals surface area contributed by atoms with E-state index in [1.165, 1.54) is 0 Å². The SMILES string of the molecule is FC(F)C(F)C(F)OCC1CO1. The summed E-state index contributed by atoms with van der Waals surface area (Å²) in [7, 11) is 0. The second-order valence-electron chi connectivity index (χ2n) is 2.42. The molecule has 0 spiro atoms. The molecule has 2 nitrogen and oxygen atoms in total. The van der Waals surface area contributed by atoms with Gasteiger partial charge in [0.1, 0.15) is 6.10 Å². The molecule has 1 heterocycles. The Kier molecular flexibility index (Phi) is 3.28. The highest BCUT2D eigenvalue weighted by Crippen LogP contribution is 2.17. The van der Waals surface area contributed by atoms with E-state index < -0.39 is 19.0 Å². The Hall–Kier alpha value is -0.360. The van der Waals surface area contributed by atoms with Crippen LogP contribution in [0.2, 0.25) is 0 Å². The van der Waals surface area contributed by atoms with E-state index in [9.17, 15) is 17.6 Å². The summed E-state index contributed by atoms with van der Waals surface area (Å²) in [5.41, 5.74) is 0. The molecule has 0 aromatic rings. The molecule has 1 saturated heterocycles. The van der Waals surface area contributed by atoms with E-state index in [2.05, 4.69) is 9.47 Å². The molecule has 12 heavy (non-hydrogen) atoms. The largest absolute Gasteiger partial charge is 0.371 e. The van der Waals surface area contributed by atoms with Crippen molar-refractivity contribution in [3.63, 3.8) is 0 Å². The third-order valence-corrected chi connectivity index (χ3v) is 1.33. The molecular weight excluding hydrogens is 180 g/mol. The normalized spacial score (nSPS) is 27.2. The second-order valence-corrected chi connectivity index (χ2v) is 2.42. The van der Waals surface area contributed by atoms with Gasteiger partial charge in [-0.25, -0.2) is 17.6 Å². The minimum atomic E-state index is -3.35. The molecule has 0 N–H and O–H groups in total. The third-order valence-electron chi connectivity index (χ3n) is 1.33. The van der Waals surface area contributed by atoms with Gasteiger partial charge in [-0.2, -0.15) is 0 Å². The highest BCUT2D eigenvalue weighted by molar-refractivity contribution is 4.69. The van der Waals surface area contributed by atoms with Gasteiger partial charge >= 0.3 is 0 Å². The van der Waals surface area contributed by atoms with Crippen LogP contribution in [0.1, 0.15) is 0 Å². The first-order valence-corrected chi connectivity index (χ1v) is 3.40. The molecule has 0 saturated carbocycles. The number of ether oxygens (including phenoxy) is 2. The first-order valence-electron chi connectivity index (χ1n) is 3.40. The van der Waals surface area contributed by atoms with Gasteiger partial charge in [0.25, 0.3) is 6.43 Å². The van der Waals surface area contributed by atoms with Crippen LogP contribution in [-0.4, -0.2) is 38.3 Å². The fourth-order valence-electron chi connectivity index (χ4n) is 0.570. The Morgan fingerprint density at radius 1 is 1.33 bits per heavy atom. The topological polar surface area (TPSA) is 21.8 Å². The van der Waals surface area contributed by atoms with Crippen LogP contribution in [0.4, 0.5) is 17.6 Å². The fraction of sp³-hybridized carbons (Fsp3) is 1.00. The van der Waals surface area contributed by atoms with Crippen molar-refractivity contribution in [2.24, 2.45) is 0 Å². The van der Waals surface area contributed by atoms with Crippen molar-refractivity contribution in [3.05, 3.63) is 0 Å². The van der Waals surface area contributed by atoms with E-state index in [0.29, 0.717) is 6.61 Å². The van der Waals surface area contributed by atoms with Gasteiger partial charge in [0.15, 0.2) is 0 Å². The molecule has 0 radical (unpaired) electrons. The van der Waals surface area contributed by atoms with Crippen LogP contribution >= 0.6 is 0 Å². The molecule has 72 valence electrons. The molecule has 0 aliphatic carbocycles. The highest BCUT2D eigenvalue weighted by Gasteiger charge is 2.32. The molecule has 0 aromatic heterocycles. The number of epoxide rings is 1. The van der Waals surface area contributed by atoms with Crippen molar-refractivity contribution < 1.29 is 27.0 Å². The number of hydrogen-bond acceptors (Lipinski definition) is 2. The lowest BCUT2D eigenvalue weighted by Gasteiger charge is -2.12. The monoisotopic (exact) mass is 188 g/mol. The number of rotatable bonds is 5. The van der Waals surface area contributed by atoms with Gasteiger partial charge < -0.3 is 9.47 Å². The second kappa shape index (κ2) is 4.04. The predicted molar refractivity (Wildman–Crippen MR) is 31.5 cm³/mol. The Balaban J connectivity index is 2.11. The van der Waals surface area contributed by atoms with Crippen molar-refractivity contribution in [1.82, 2.24) is 0 Å². The summed E-state index contributed by atoms with van der Waals surface area (Å²) in [5.74, 6) is 0. The van der Waals surface area contributed by atoms with E-state index >= 15 is 0 Å². The Labute approximate surface area is 66.4 Å². The maximum absolute atomic E-state index is 12.3. The maximum atomic E-state index is 12.3. The van der Waals surface area contributed by atoms with Crippen LogP contribution in [0.3, 0.4) is 0 Å². The fourth-order valence-corrected chi connectivity index (χ4v) is 0.570. The van der Waals surface area contributed by atoms with Gasteiger partial charge in [0.05, 0.1) is 13.2 Å². The van der Waals surface area contributed by atoms with E-state index in [1.54, 1.807) is 0 Å². The summed E-state index contributed by atoms with van der Waals surface area (Å²) in [6, 6.07) is 0. The zero-order chi connectivity index (χ0) is 9.14. The number of alkyl halides is 4. The molecule has 3 unspecified atom stereocenters. The van der Waals surface area contributed by atoms with Crippen LogP contribution in [0, 0.1) is 0 Å². The molecule has 6 heteroatoms. The van der Waals surface area contributed by atoms with Crippen molar-refractivity contribution in [3.8, 4) is 0 Å². The van der Waals surface area contributed by atoms with Gasteiger partial charge in [-0.05, 0) is 0 Å². The maximum Gasteiger partial charge on any atom is 0.274 e. The summed E-state index contributed by atoms with van der Waals surface area (Å²) in [6.45, 7) is 0.243. The van der Waals surface area contributed by atoms with E-state index in [-0.39, 0.29) is 12.7 Å². The summed E-state index contributed by atoms with van der Waals surface area (Å²) < 4.78 is 56.1. The zero-order valence-corrected chi connectivity index (χ0v) is 6.05. The molecule has 1 fully saturated rings. The standard InChI is InChI=1S/C6H8F4O2/c7-4(5(8)9)6(10)12-2-3-1-11-3/h3-6H,1-2H2. The van der Waals surface area contributed by atoms with Crippen molar-refractivity contribution in [1.29, 1.82) is 0 Å². The number of hydrogen-bond donors (Lipinski definition) is 0. The van der Waals surface area contributed by atoms with Crippen LogP contribution in [0.25, 0.3) is 0 Å². The molecular formula is C6H8F4O2. The van der Waals surface area contributed by atoms with E-state index in [1.807, 2.05) is 0 Å². The molecule has 1 aliphatic rings. The van der Waals surface area contributed by atoms with Crippen molar-refractivity contribution in [2.45, 2.75) is 25.1 Å². The van der Waals surface area contributed by atoms with E-state index in [4.69, 9.17) is 0 Å². The first kappa shape index (κ1) is 9.73. The van der Waals surface area contributed by atoms with Gasteiger partial charge in [0.2, 0.25) is 12.5 Å².